The number of nitrogens with one attached hydrogen (secondary N) is 1. The molecule has 0 radical (unpaired) electrons. The summed E-state index contributed by atoms with van der Waals surface area (Å²) in [6.07, 6.45) is 0.795. The first-order chi connectivity index (χ1) is 12.6. The van der Waals surface area contributed by atoms with Gasteiger partial charge >= 0.3 is 0 Å². The molecule has 26 heavy (non-hydrogen) atoms. The van der Waals surface area contributed by atoms with Crippen molar-refractivity contribution in [2.45, 2.75) is 25.2 Å². The Kier molecular flexibility index (Phi) is 5.75. The molecule has 3 rings (SSSR count). The van der Waals surface area contributed by atoms with Gasteiger partial charge in [0, 0.05) is 12.7 Å². The van der Waals surface area contributed by atoms with Crippen LogP contribution in [-0.2, 0) is 11.3 Å². The molecule has 2 N–H and O–H groups in total. The number of benzene rings is 1. The van der Waals surface area contributed by atoms with Gasteiger partial charge in [0.05, 0.1) is 25.5 Å². The molecule has 1 aromatic heterocycles. The molecule has 0 aliphatic carbocycles. The lowest BCUT2D eigenvalue weighted by Gasteiger charge is -2.32. The first-order valence-corrected chi connectivity index (χ1v) is 8.13. The monoisotopic (exact) mass is 364 g/mol. The van der Waals surface area contributed by atoms with Crippen LogP contribution < -0.4 is 10.1 Å². The molecule has 1 aromatic carbocycles. The Morgan fingerprint density at radius 2 is 2.12 bits per heavy atom. The van der Waals surface area contributed by atoms with Crippen LogP contribution in [0.2, 0.25) is 0 Å². The second kappa shape index (κ2) is 8.20. The van der Waals surface area contributed by atoms with Gasteiger partial charge in [-0.25, -0.2) is 13.8 Å². The van der Waals surface area contributed by atoms with E-state index in [0.29, 0.717) is 24.8 Å². The Labute approximate surface area is 148 Å². The van der Waals surface area contributed by atoms with Crippen molar-refractivity contribution in [3.63, 3.8) is 0 Å². The maximum atomic E-state index is 13.7. The van der Waals surface area contributed by atoms with Gasteiger partial charge in [-0.1, -0.05) is 12.1 Å². The van der Waals surface area contributed by atoms with Crippen LogP contribution in [-0.4, -0.2) is 41.4 Å². The number of nitrogens with zero attached hydrogens (tertiary/aromatic N) is 1. The number of aliphatic hydroxyl groups excluding tert-OH is 1. The fraction of sp³-hybridized carbons (Fsp3) is 0.333. The Hall–Kier alpha value is -2.58. The molecule has 1 aliphatic heterocycles. The van der Waals surface area contributed by atoms with Gasteiger partial charge < -0.3 is 19.9 Å². The number of ether oxygens (including phenoxy) is 2. The predicted molar refractivity (Wildman–Crippen MR) is 87.6 cm³/mol. The summed E-state index contributed by atoms with van der Waals surface area (Å²) in [7, 11) is 0. The molecule has 2 heterocycles. The summed E-state index contributed by atoms with van der Waals surface area (Å²) in [5, 5.41) is 11.8. The molecule has 2 aromatic rings. The van der Waals surface area contributed by atoms with Crippen molar-refractivity contribution in [2.24, 2.45) is 0 Å². The summed E-state index contributed by atoms with van der Waals surface area (Å²) in [5.41, 5.74) is 0.281. The van der Waals surface area contributed by atoms with Crippen molar-refractivity contribution >= 4 is 5.91 Å². The van der Waals surface area contributed by atoms with Gasteiger partial charge in [-0.3, -0.25) is 4.79 Å². The van der Waals surface area contributed by atoms with Crippen molar-refractivity contribution in [3.05, 3.63) is 59.4 Å². The van der Waals surface area contributed by atoms with E-state index >= 15 is 0 Å². The number of halogens is 2. The lowest BCUT2D eigenvalue weighted by Crippen LogP contribution is -2.51. The van der Waals surface area contributed by atoms with Crippen LogP contribution in [0, 0.1) is 11.6 Å². The maximum Gasteiger partial charge on any atom is 0.273 e. The number of hydrogen-bond acceptors (Lipinski definition) is 5. The Morgan fingerprint density at radius 1 is 1.35 bits per heavy atom. The minimum absolute atomic E-state index is 0.0677. The Balaban J connectivity index is 1.68. The highest BCUT2D eigenvalue weighted by atomic mass is 19.1. The third kappa shape index (κ3) is 4.33. The van der Waals surface area contributed by atoms with E-state index in [4.69, 9.17) is 14.6 Å². The number of aliphatic hydroxyl groups is 1. The lowest BCUT2D eigenvalue weighted by atomic mass is 10.1. The van der Waals surface area contributed by atoms with Gasteiger partial charge in [-0.05, 0) is 24.1 Å². The van der Waals surface area contributed by atoms with Crippen LogP contribution in [0.4, 0.5) is 8.78 Å². The summed E-state index contributed by atoms with van der Waals surface area (Å²) in [6, 6.07) is 7.07. The van der Waals surface area contributed by atoms with Crippen molar-refractivity contribution in [1.29, 1.82) is 0 Å². The molecule has 138 valence electrons. The molecule has 1 fully saturated rings. The fourth-order valence-corrected chi connectivity index (χ4v) is 2.66. The zero-order valence-electron chi connectivity index (χ0n) is 13.8. The summed E-state index contributed by atoms with van der Waals surface area (Å²) in [5.74, 6) is -2.05. The largest absolute Gasteiger partial charge is 0.486 e. The summed E-state index contributed by atoms with van der Waals surface area (Å²) >= 11 is 0. The van der Waals surface area contributed by atoms with Crippen LogP contribution in [0.1, 0.15) is 22.5 Å². The molecule has 0 unspecified atom stereocenters. The molecule has 0 saturated carbocycles. The van der Waals surface area contributed by atoms with Gasteiger partial charge in [-0.15, -0.1) is 0 Å². The van der Waals surface area contributed by atoms with Crippen molar-refractivity contribution < 1.29 is 28.2 Å². The van der Waals surface area contributed by atoms with E-state index in [1.165, 1.54) is 0 Å². The summed E-state index contributed by atoms with van der Waals surface area (Å²) < 4.78 is 37.9. The lowest BCUT2D eigenvalue weighted by molar-refractivity contribution is -0.0136. The van der Waals surface area contributed by atoms with Crippen LogP contribution in [0.5, 0.6) is 5.75 Å². The van der Waals surface area contributed by atoms with E-state index in [1.54, 1.807) is 24.3 Å². The molecular formula is C18H18F2N2O4. The van der Waals surface area contributed by atoms with E-state index in [2.05, 4.69) is 10.3 Å². The van der Waals surface area contributed by atoms with Gasteiger partial charge in [0.1, 0.15) is 17.7 Å². The molecule has 1 saturated heterocycles. The van der Waals surface area contributed by atoms with E-state index in [-0.39, 0.29) is 13.2 Å². The molecule has 8 heteroatoms. The molecule has 0 spiro atoms. The maximum absolute atomic E-state index is 13.7. The number of rotatable bonds is 5. The van der Waals surface area contributed by atoms with Gasteiger partial charge in [-0.2, -0.15) is 0 Å². The van der Waals surface area contributed by atoms with Crippen molar-refractivity contribution in [1.82, 2.24) is 10.3 Å². The third-order valence-electron chi connectivity index (χ3n) is 4.04. The molecule has 1 amide bonds. The first-order valence-electron chi connectivity index (χ1n) is 8.13. The average Bonchev–Trinajstić information content (AvgIpc) is 2.64. The van der Waals surface area contributed by atoms with Crippen LogP contribution >= 0.6 is 0 Å². The number of carbonyl (C=O) groups is 1. The van der Waals surface area contributed by atoms with E-state index in [0.717, 1.165) is 11.8 Å². The van der Waals surface area contributed by atoms with Gasteiger partial charge in [0.25, 0.3) is 5.91 Å². The van der Waals surface area contributed by atoms with Crippen LogP contribution in [0.3, 0.4) is 0 Å². The first kappa shape index (κ1) is 18.2. The zero-order chi connectivity index (χ0) is 18.5. The average molecular weight is 364 g/mol. The van der Waals surface area contributed by atoms with Crippen LogP contribution in [0.25, 0.3) is 0 Å². The minimum atomic E-state index is -1.02. The highest BCUT2D eigenvalue weighted by Gasteiger charge is 2.30. The number of aromatic nitrogens is 1. The molecular weight excluding hydrogens is 346 g/mol. The summed E-state index contributed by atoms with van der Waals surface area (Å²) in [4.78, 5) is 15.8. The summed E-state index contributed by atoms with van der Waals surface area (Å²) in [6.45, 7) is 0.612. The Bertz CT molecular complexity index is 770. The molecule has 1 aliphatic rings. The molecule has 0 bridgehead atoms. The molecule has 6 nitrogen and oxygen atoms in total. The highest BCUT2D eigenvalue weighted by molar-refractivity contribution is 5.92. The highest BCUT2D eigenvalue weighted by Crippen LogP contribution is 2.19. The standard InChI is InChI=1S/C18H18F2N2O4/c19-12-7-14(20)17(21-8-12)18(24)22-15-5-6-25-10-16(15)26-13-3-1-11(9-23)2-4-13/h1-4,7-8,15-16,23H,5-6,9-10H2,(H,22,24)/t15-,16-/m1/s1. The number of hydrogen-bond donors (Lipinski definition) is 2. The number of amides is 1. The molecule has 2 atom stereocenters. The Morgan fingerprint density at radius 3 is 2.81 bits per heavy atom. The second-order valence-corrected chi connectivity index (χ2v) is 5.89. The van der Waals surface area contributed by atoms with Crippen molar-refractivity contribution in [2.75, 3.05) is 13.2 Å². The predicted octanol–water partition coefficient (Wildman–Crippen LogP) is 1.82. The number of carbonyl (C=O) groups excluding carboxylic acids is 1. The van der Waals surface area contributed by atoms with Gasteiger partial charge in [0.15, 0.2) is 11.5 Å². The van der Waals surface area contributed by atoms with E-state index in [9.17, 15) is 13.6 Å². The third-order valence-corrected chi connectivity index (χ3v) is 4.04. The smallest absolute Gasteiger partial charge is 0.273 e. The SMILES string of the molecule is O=C(N[C@@H]1CCOC[C@H]1Oc1ccc(CO)cc1)c1ncc(F)cc1F. The zero-order valence-corrected chi connectivity index (χ0v) is 13.8. The van der Waals surface area contributed by atoms with Crippen LogP contribution in [0.15, 0.2) is 36.5 Å². The minimum Gasteiger partial charge on any atom is -0.486 e. The normalized spacial score (nSPS) is 19.8. The number of pyridine rings is 1. The quantitative estimate of drug-likeness (QED) is 0.846. The second-order valence-electron chi connectivity index (χ2n) is 5.89. The fourth-order valence-electron chi connectivity index (χ4n) is 2.66. The topological polar surface area (TPSA) is 80.7 Å². The van der Waals surface area contributed by atoms with E-state index < -0.39 is 35.4 Å². The van der Waals surface area contributed by atoms with E-state index in [1.807, 2.05) is 0 Å². The van der Waals surface area contributed by atoms with Crippen molar-refractivity contribution in [3.8, 4) is 5.75 Å². The van der Waals surface area contributed by atoms with Gasteiger partial charge in [0.2, 0.25) is 0 Å².